The van der Waals surface area contributed by atoms with Gasteiger partial charge in [0.2, 0.25) is 5.16 Å². The zero-order chi connectivity index (χ0) is 17.1. The minimum Gasteiger partial charge on any atom is -0.293 e. The van der Waals surface area contributed by atoms with Gasteiger partial charge in [0.05, 0.1) is 11.4 Å². The number of ketones is 1. The Bertz CT molecular complexity index is 880. The molecule has 1 heterocycles. The summed E-state index contributed by atoms with van der Waals surface area (Å²) in [4.78, 5) is 12.1. The number of hydrogen-bond acceptors (Lipinski definition) is 5. The van der Waals surface area contributed by atoms with Crippen LogP contribution < -0.4 is 0 Å². The highest BCUT2D eigenvalue weighted by molar-refractivity contribution is 7.99. The second-order valence-corrected chi connectivity index (χ2v) is 5.99. The molecule has 122 valence electrons. The first-order valence-corrected chi connectivity index (χ1v) is 7.99. The molecule has 0 spiro atoms. The minimum atomic E-state index is -1.05. The Morgan fingerprint density at radius 3 is 2.58 bits per heavy atom. The van der Waals surface area contributed by atoms with Crippen LogP contribution in [0.25, 0.3) is 5.69 Å². The maximum atomic E-state index is 13.2. The fourth-order valence-electron chi connectivity index (χ4n) is 2.00. The second-order valence-electron chi connectivity index (χ2n) is 5.05. The first-order valence-electron chi connectivity index (χ1n) is 7.01. The highest BCUT2D eigenvalue weighted by Crippen LogP contribution is 2.20. The average molecular weight is 346 g/mol. The molecule has 0 radical (unpaired) electrons. The van der Waals surface area contributed by atoms with Crippen LogP contribution in [0.2, 0.25) is 0 Å². The van der Waals surface area contributed by atoms with E-state index in [0.717, 1.165) is 35.1 Å². The molecule has 1 aromatic heterocycles. The predicted molar refractivity (Wildman–Crippen MR) is 85.3 cm³/mol. The fraction of sp³-hybridized carbons (Fsp3) is 0.125. The lowest BCUT2D eigenvalue weighted by Gasteiger charge is -2.05. The largest absolute Gasteiger partial charge is 0.293 e. The fourth-order valence-corrected chi connectivity index (χ4v) is 2.79. The molecular weight excluding hydrogens is 334 g/mol. The predicted octanol–water partition coefficient (Wildman–Crippen LogP) is 3.22. The van der Waals surface area contributed by atoms with Crippen molar-refractivity contribution in [2.24, 2.45) is 0 Å². The van der Waals surface area contributed by atoms with Crippen molar-refractivity contribution in [3.63, 3.8) is 0 Å². The van der Waals surface area contributed by atoms with Crippen LogP contribution in [-0.4, -0.2) is 31.7 Å². The molecular formula is C16H12F2N4OS. The van der Waals surface area contributed by atoms with Crippen molar-refractivity contribution in [1.29, 1.82) is 0 Å². The van der Waals surface area contributed by atoms with Gasteiger partial charge in [-0.3, -0.25) is 4.79 Å². The quantitative estimate of drug-likeness (QED) is 0.524. The highest BCUT2D eigenvalue weighted by Gasteiger charge is 2.14. The van der Waals surface area contributed by atoms with Crippen molar-refractivity contribution in [3.05, 3.63) is 65.2 Å². The van der Waals surface area contributed by atoms with Gasteiger partial charge >= 0.3 is 0 Å². The van der Waals surface area contributed by atoms with E-state index in [-0.39, 0.29) is 17.1 Å². The number of halogens is 2. The molecule has 0 N–H and O–H groups in total. The summed E-state index contributed by atoms with van der Waals surface area (Å²) in [5, 5.41) is 11.9. The van der Waals surface area contributed by atoms with E-state index in [1.54, 1.807) is 0 Å². The van der Waals surface area contributed by atoms with Crippen molar-refractivity contribution < 1.29 is 13.6 Å². The van der Waals surface area contributed by atoms with Gasteiger partial charge in [-0.15, -0.1) is 5.10 Å². The van der Waals surface area contributed by atoms with Crippen molar-refractivity contribution in [3.8, 4) is 5.69 Å². The van der Waals surface area contributed by atoms with Crippen molar-refractivity contribution in [2.75, 3.05) is 5.75 Å². The third-order valence-corrected chi connectivity index (χ3v) is 4.21. The minimum absolute atomic E-state index is 0.0112. The van der Waals surface area contributed by atoms with Crippen LogP contribution in [0.5, 0.6) is 0 Å². The summed E-state index contributed by atoms with van der Waals surface area (Å²) in [6.45, 7) is 1.97. The van der Waals surface area contributed by atoms with Crippen molar-refractivity contribution in [2.45, 2.75) is 12.1 Å². The first kappa shape index (κ1) is 16.3. The van der Waals surface area contributed by atoms with Crippen LogP contribution in [0.15, 0.2) is 47.6 Å². The van der Waals surface area contributed by atoms with Gasteiger partial charge < -0.3 is 0 Å². The lowest BCUT2D eigenvalue weighted by molar-refractivity contribution is 0.102. The average Bonchev–Trinajstić information content (AvgIpc) is 3.04. The number of hydrogen-bond donors (Lipinski definition) is 0. The zero-order valence-electron chi connectivity index (χ0n) is 12.6. The Morgan fingerprint density at radius 1 is 1.12 bits per heavy atom. The monoisotopic (exact) mass is 346 g/mol. The van der Waals surface area contributed by atoms with Gasteiger partial charge in [0.15, 0.2) is 17.4 Å². The van der Waals surface area contributed by atoms with Gasteiger partial charge in [0.25, 0.3) is 0 Å². The van der Waals surface area contributed by atoms with E-state index in [0.29, 0.717) is 5.16 Å². The molecule has 0 saturated heterocycles. The van der Waals surface area contributed by atoms with Gasteiger partial charge in [-0.2, -0.15) is 4.68 Å². The number of aromatic nitrogens is 4. The summed E-state index contributed by atoms with van der Waals surface area (Å²) in [5.41, 5.74) is 1.98. The smallest absolute Gasteiger partial charge is 0.214 e. The number of tetrazole rings is 1. The number of aryl methyl sites for hydroxylation is 1. The zero-order valence-corrected chi connectivity index (χ0v) is 13.4. The molecule has 5 nitrogen and oxygen atoms in total. The molecule has 0 unspecified atom stereocenters. The first-order chi connectivity index (χ1) is 11.5. The van der Waals surface area contributed by atoms with E-state index >= 15 is 0 Å². The van der Waals surface area contributed by atoms with Crippen molar-refractivity contribution in [1.82, 2.24) is 20.2 Å². The van der Waals surface area contributed by atoms with Gasteiger partial charge in [-0.05, 0) is 47.7 Å². The Balaban J connectivity index is 1.73. The maximum absolute atomic E-state index is 13.2. The van der Waals surface area contributed by atoms with Crippen LogP contribution in [0.4, 0.5) is 8.78 Å². The molecule has 0 atom stereocenters. The summed E-state index contributed by atoms with van der Waals surface area (Å²) in [5.74, 6) is -2.35. The molecule has 3 rings (SSSR count). The molecule has 0 fully saturated rings. The lowest BCUT2D eigenvalue weighted by atomic mass is 10.1. The summed E-state index contributed by atoms with van der Waals surface area (Å²) < 4.78 is 27.6. The van der Waals surface area contributed by atoms with Crippen molar-refractivity contribution >= 4 is 17.5 Å². The molecule has 2 aromatic carbocycles. The summed E-state index contributed by atoms with van der Waals surface area (Å²) in [6.07, 6.45) is 0. The van der Waals surface area contributed by atoms with Gasteiger partial charge in [-0.25, -0.2) is 8.78 Å². The number of carbonyl (C=O) groups is 1. The van der Waals surface area contributed by atoms with Gasteiger partial charge in [0, 0.05) is 5.56 Å². The lowest BCUT2D eigenvalue weighted by Crippen LogP contribution is -2.06. The van der Waals surface area contributed by atoms with E-state index in [1.165, 1.54) is 10.7 Å². The Labute approximate surface area is 140 Å². The number of rotatable bonds is 5. The number of nitrogens with zero attached hydrogens (tertiary/aromatic N) is 4. The van der Waals surface area contributed by atoms with E-state index in [4.69, 9.17) is 0 Å². The molecule has 0 aliphatic rings. The highest BCUT2D eigenvalue weighted by atomic mass is 32.2. The van der Waals surface area contributed by atoms with E-state index < -0.39 is 11.6 Å². The normalized spacial score (nSPS) is 10.8. The second kappa shape index (κ2) is 6.88. The molecule has 3 aromatic rings. The molecule has 24 heavy (non-hydrogen) atoms. The van der Waals surface area contributed by atoms with Gasteiger partial charge in [-0.1, -0.05) is 29.5 Å². The number of Topliss-reactive ketones (excluding diaryl/α,β-unsaturated/α-hetero) is 1. The third-order valence-electron chi connectivity index (χ3n) is 3.29. The number of carbonyl (C=O) groups excluding carboxylic acids is 1. The Morgan fingerprint density at radius 2 is 1.88 bits per heavy atom. The van der Waals surface area contributed by atoms with Crippen LogP contribution in [0, 0.1) is 18.6 Å². The van der Waals surface area contributed by atoms with Crippen LogP contribution >= 0.6 is 11.8 Å². The molecule has 8 heteroatoms. The summed E-state index contributed by atoms with van der Waals surface area (Å²) in [7, 11) is 0. The van der Waals surface area contributed by atoms with E-state index in [1.807, 2.05) is 31.2 Å². The Kier molecular flexibility index (Phi) is 4.66. The number of benzene rings is 2. The molecule has 0 saturated carbocycles. The molecule has 0 aliphatic heterocycles. The maximum Gasteiger partial charge on any atom is 0.214 e. The third kappa shape index (κ3) is 3.48. The van der Waals surface area contributed by atoms with Crippen LogP contribution in [0.1, 0.15) is 15.9 Å². The summed E-state index contributed by atoms with van der Waals surface area (Å²) in [6, 6.07) is 10.7. The standard InChI is InChI=1S/C16H12F2N4OS/c1-10-2-5-12(6-3-10)22-16(19-20-21-22)24-9-15(23)11-4-7-13(17)14(18)8-11/h2-8H,9H2,1H3. The Hall–Kier alpha value is -2.61. The molecule has 0 aliphatic carbocycles. The summed E-state index contributed by atoms with van der Waals surface area (Å²) >= 11 is 1.13. The van der Waals surface area contributed by atoms with E-state index in [2.05, 4.69) is 15.5 Å². The van der Waals surface area contributed by atoms with Crippen LogP contribution in [0.3, 0.4) is 0 Å². The van der Waals surface area contributed by atoms with E-state index in [9.17, 15) is 13.6 Å². The molecule has 0 amide bonds. The SMILES string of the molecule is Cc1ccc(-n2nnnc2SCC(=O)c2ccc(F)c(F)c2)cc1. The molecule has 0 bridgehead atoms. The number of thioether (sulfide) groups is 1. The van der Waals surface area contributed by atoms with Crippen LogP contribution in [-0.2, 0) is 0 Å². The van der Waals surface area contributed by atoms with Gasteiger partial charge in [0.1, 0.15) is 0 Å². The topological polar surface area (TPSA) is 60.7 Å².